The second-order valence-electron chi connectivity index (χ2n) is 5.43. The van der Waals surface area contributed by atoms with E-state index in [0.717, 1.165) is 5.56 Å². The molecule has 2 atom stereocenters. The van der Waals surface area contributed by atoms with Crippen LogP contribution in [0.4, 0.5) is 0 Å². The minimum atomic E-state index is -1.19. The van der Waals surface area contributed by atoms with E-state index in [1.54, 1.807) is 13.8 Å². The molecule has 23 heavy (non-hydrogen) atoms. The molecule has 126 valence electrons. The Kier molecular flexibility index (Phi) is 7.41. The van der Waals surface area contributed by atoms with Gasteiger partial charge in [0.1, 0.15) is 18.9 Å². The summed E-state index contributed by atoms with van der Waals surface area (Å²) in [7, 11) is 0. The summed E-state index contributed by atoms with van der Waals surface area (Å²) in [5.41, 5.74) is 5.56. The highest BCUT2D eigenvalue weighted by atomic mass is 16.5. The monoisotopic (exact) mass is 321 g/mol. The number of carbonyl (C=O) groups is 3. The first-order valence-electron chi connectivity index (χ1n) is 7.52. The number of ether oxygens (including phenoxy) is 2. The fourth-order valence-corrected chi connectivity index (χ4v) is 1.94. The zero-order valence-electron chi connectivity index (χ0n) is 13.5. The first kappa shape index (κ1) is 18.8. The van der Waals surface area contributed by atoms with Crippen molar-refractivity contribution < 1.29 is 23.9 Å². The largest absolute Gasteiger partial charge is 0.464 e. The normalized spacial score (nSPS) is 14.4. The predicted octanol–water partition coefficient (Wildman–Crippen LogP) is 1.61. The second kappa shape index (κ2) is 9.05. The van der Waals surface area contributed by atoms with E-state index in [2.05, 4.69) is 0 Å². The van der Waals surface area contributed by atoms with Crippen molar-refractivity contribution in [1.82, 2.24) is 0 Å². The minimum absolute atomic E-state index is 0.0467. The SMILES string of the molecule is CC[C@@](C)(C(=O)OCc1ccccc1)[C@H](N)C(=O)OCCC=O. The molecule has 0 aliphatic heterocycles. The molecule has 0 saturated carbocycles. The number of rotatable bonds is 9. The van der Waals surface area contributed by atoms with Crippen LogP contribution in [0.5, 0.6) is 0 Å². The smallest absolute Gasteiger partial charge is 0.324 e. The Hall–Kier alpha value is -2.21. The third kappa shape index (κ3) is 5.17. The lowest BCUT2D eigenvalue weighted by atomic mass is 9.80. The van der Waals surface area contributed by atoms with Crippen molar-refractivity contribution in [3.05, 3.63) is 35.9 Å². The van der Waals surface area contributed by atoms with Gasteiger partial charge in [0.25, 0.3) is 0 Å². The number of esters is 2. The van der Waals surface area contributed by atoms with Gasteiger partial charge in [-0.2, -0.15) is 0 Å². The van der Waals surface area contributed by atoms with Crippen LogP contribution in [-0.4, -0.2) is 30.9 Å². The van der Waals surface area contributed by atoms with Crippen molar-refractivity contribution >= 4 is 18.2 Å². The van der Waals surface area contributed by atoms with Crippen LogP contribution in [-0.2, 0) is 30.5 Å². The number of aldehydes is 1. The maximum Gasteiger partial charge on any atom is 0.324 e. The lowest BCUT2D eigenvalue weighted by molar-refractivity contribution is -0.165. The Morgan fingerprint density at radius 2 is 1.91 bits per heavy atom. The van der Waals surface area contributed by atoms with Crippen molar-refractivity contribution in [1.29, 1.82) is 0 Å². The molecule has 6 nitrogen and oxygen atoms in total. The van der Waals surface area contributed by atoms with Gasteiger partial charge in [-0.1, -0.05) is 37.3 Å². The quantitative estimate of drug-likeness (QED) is 0.422. The molecule has 0 spiro atoms. The maximum atomic E-state index is 12.4. The molecule has 0 saturated heterocycles. The Bertz CT molecular complexity index is 531. The van der Waals surface area contributed by atoms with E-state index < -0.39 is 23.4 Å². The summed E-state index contributed by atoms with van der Waals surface area (Å²) in [6.45, 7) is 3.39. The van der Waals surface area contributed by atoms with Crippen LogP contribution >= 0.6 is 0 Å². The summed E-state index contributed by atoms with van der Waals surface area (Å²) in [4.78, 5) is 34.6. The molecular weight excluding hydrogens is 298 g/mol. The molecule has 1 aromatic carbocycles. The standard InChI is InChI=1S/C17H23NO5/c1-3-17(2,14(18)15(20)22-11-7-10-19)16(21)23-12-13-8-5-4-6-9-13/h4-6,8-10,14H,3,7,11-12,18H2,1-2H3/t14-,17-/m1/s1. The van der Waals surface area contributed by atoms with Crippen LogP contribution < -0.4 is 5.73 Å². The third-order valence-corrected chi connectivity index (χ3v) is 3.83. The minimum Gasteiger partial charge on any atom is -0.464 e. The number of hydrogen-bond donors (Lipinski definition) is 1. The molecule has 0 radical (unpaired) electrons. The van der Waals surface area contributed by atoms with E-state index in [4.69, 9.17) is 15.2 Å². The third-order valence-electron chi connectivity index (χ3n) is 3.83. The lowest BCUT2D eigenvalue weighted by Gasteiger charge is -2.30. The summed E-state index contributed by atoms with van der Waals surface area (Å²) >= 11 is 0. The van der Waals surface area contributed by atoms with Gasteiger partial charge >= 0.3 is 11.9 Å². The average Bonchev–Trinajstić information content (AvgIpc) is 2.59. The van der Waals surface area contributed by atoms with Crippen LogP contribution in [0.2, 0.25) is 0 Å². The van der Waals surface area contributed by atoms with Crippen molar-refractivity contribution in [2.75, 3.05) is 6.61 Å². The Morgan fingerprint density at radius 1 is 1.26 bits per heavy atom. The van der Waals surface area contributed by atoms with E-state index in [0.29, 0.717) is 12.7 Å². The average molecular weight is 321 g/mol. The molecule has 1 aromatic rings. The molecule has 0 bridgehead atoms. The van der Waals surface area contributed by atoms with E-state index >= 15 is 0 Å². The van der Waals surface area contributed by atoms with Gasteiger partial charge in [0, 0.05) is 6.42 Å². The van der Waals surface area contributed by atoms with Gasteiger partial charge in [-0.15, -0.1) is 0 Å². The van der Waals surface area contributed by atoms with Crippen LogP contribution in [0.25, 0.3) is 0 Å². The van der Waals surface area contributed by atoms with Gasteiger partial charge in [-0.3, -0.25) is 9.59 Å². The molecule has 0 unspecified atom stereocenters. The predicted molar refractivity (Wildman–Crippen MR) is 84.3 cm³/mol. The second-order valence-corrected chi connectivity index (χ2v) is 5.43. The van der Waals surface area contributed by atoms with Crippen molar-refractivity contribution in [2.24, 2.45) is 11.1 Å². The first-order chi connectivity index (χ1) is 11.0. The Morgan fingerprint density at radius 3 is 2.48 bits per heavy atom. The van der Waals surface area contributed by atoms with E-state index in [1.807, 2.05) is 30.3 Å². The van der Waals surface area contributed by atoms with Gasteiger partial charge in [-0.25, -0.2) is 0 Å². The highest BCUT2D eigenvalue weighted by Crippen LogP contribution is 2.28. The lowest BCUT2D eigenvalue weighted by Crippen LogP contribution is -2.51. The van der Waals surface area contributed by atoms with Crippen molar-refractivity contribution in [2.45, 2.75) is 39.3 Å². The summed E-state index contributed by atoms with van der Waals surface area (Å²) in [5, 5.41) is 0. The Balaban J connectivity index is 2.67. The number of nitrogens with two attached hydrogens (primary N) is 1. The zero-order chi connectivity index (χ0) is 17.3. The fraction of sp³-hybridized carbons (Fsp3) is 0.471. The zero-order valence-corrected chi connectivity index (χ0v) is 13.5. The molecule has 0 fully saturated rings. The van der Waals surface area contributed by atoms with Gasteiger partial charge in [0.05, 0.1) is 12.0 Å². The van der Waals surface area contributed by atoms with E-state index in [9.17, 15) is 14.4 Å². The summed E-state index contributed by atoms with van der Waals surface area (Å²) in [5.74, 6) is -1.27. The molecule has 0 heterocycles. The molecule has 0 aliphatic rings. The molecule has 0 amide bonds. The molecule has 0 aromatic heterocycles. The van der Waals surface area contributed by atoms with Crippen LogP contribution in [0.1, 0.15) is 32.3 Å². The van der Waals surface area contributed by atoms with Crippen LogP contribution in [0, 0.1) is 5.41 Å². The summed E-state index contributed by atoms with van der Waals surface area (Å²) in [6, 6.07) is 8.08. The molecule has 6 heteroatoms. The molecule has 2 N–H and O–H groups in total. The summed E-state index contributed by atoms with van der Waals surface area (Å²) < 4.78 is 10.2. The molecular formula is C17H23NO5. The van der Waals surface area contributed by atoms with Gasteiger partial charge in [0.2, 0.25) is 0 Å². The maximum absolute atomic E-state index is 12.4. The highest BCUT2D eigenvalue weighted by Gasteiger charge is 2.44. The van der Waals surface area contributed by atoms with Crippen LogP contribution in [0.3, 0.4) is 0 Å². The van der Waals surface area contributed by atoms with Crippen molar-refractivity contribution in [3.63, 3.8) is 0 Å². The first-order valence-corrected chi connectivity index (χ1v) is 7.52. The van der Waals surface area contributed by atoms with Crippen LogP contribution in [0.15, 0.2) is 30.3 Å². The van der Waals surface area contributed by atoms with Crippen molar-refractivity contribution in [3.8, 4) is 0 Å². The fourth-order valence-electron chi connectivity index (χ4n) is 1.94. The number of benzene rings is 1. The molecule has 1 rings (SSSR count). The van der Waals surface area contributed by atoms with E-state index in [-0.39, 0.29) is 19.6 Å². The van der Waals surface area contributed by atoms with Gasteiger partial charge in [0.15, 0.2) is 0 Å². The summed E-state index contributed by atoms with van der Waals surface area (Å²) in [6.07, 6.45) is 1.07. The van der Waals surface area contributed by atoms with E-state index in [1.165, 1.54) is 0 Å². The van der Waals surface area contributed by atoms with Gasteiger partial charge < -0.3 is 20.0 Å². The molecule has 0 aliphatic carbocycles. The topological polar surface area (TPSA) is 95.7 Å². The van der Waals surface area contributed by atoms with Gasteiger partial charge in [-0.05, 0) is 18.9 Å². The number of carbonyl (C=O) groups excluding carboxylic acids is 3. The number of hydrogen-bond acceptors (Lipinski definition) is 6. The Labute approximate surface area is 135 Å². The highest BCUT2D eigenvalue weighted by molar-refractivity contribution is 5.87.